The van der Waals surface area contributed by atoms with Crippen molar-refractivity contribution in [3.05, 3.63) is 17.7 Å². The molecule has 1 aliphatic heterocycles. The molecule has 0 fully saturated rings. The Morgan fingerprint density at radius 2 is 2.46 bits per heavy atom. The van der Waals surface area contributed by atoms with Crippen LogP contribution in [0.2, 0.25) is 0 Å². The van der Waals surface area contributed by atoms with Gasteiger partial charge >= 0.3 is 5.97 Å². The van der Waals surface area contributed by atoms with E-state index in [2.05, 4.69) is 4.98 Å². The lowest BCUT2D eigenvalue weighted by molar-refractivity contribution is 0.0677. The molecular formula is C8H10N2O3. The number of aromatic carboxylic acids is 1. The normalized spacial score (nSPS) is 21.2. The summed E-state index contributed by atoms with van der Waals surface area (Å²) < 4.78 is 1.71. The van der Waals surface area contributed by atoms with E-state index in [0.29, 0.717) is 12.1 Å². The van der Waals surface area contributed by atoms with Crippen LogP contribution in [0.3, 0.4) is 0 Å². The first kappa shape index (κ1) is 8.25. The van der Waals surface area contributed by atoms with E-state index < -0.39 is 12.1 Å². The summed E-state index contributed by atoms with van der Waals surface area (Å²) in [7, 11) is 0. The molecule has 0 radical (unpaired) electrons. The third-order valence-corrected chi connectivity index (χ3v) is 2.27. The smallest absolute Gasteiger partial charge is 0.356 e. The molecule has 1 aliphatic rings. The number of hydrogen-bond acceptors (Lipinski definition) is 3. The van der Waals surface area contributed by atoms with Crippen molar-refractivity contribution < 1.29 is 15.0 Å². The Morgan fingerprint density at radius 1 is 1.69 bits per heavy atom. The van der Waals surface area contributed by atoms with Crippen LogP contribution >= 0.6 is 0 Å². The molecule has 0 spiro atoms. The van der Waals surface area contributed by atoms with Crippen LogP contribution in [-0.2, 0) is 6.54 Å². The van der Waals surface area contributed by atoms with Crippen LogP contribution in [0.4, 0.5) is 0 Å². The van der Waals surface area contributed by atoms with Gasteiger partial charge in [-0.05, 0) is 12.8 Å². The third kappa shape index (κ3) is 1.21. The summed E-state index contributed by atoms with van der Waals surface area (Å²) in [5.41, 5.74) is 0.422. The second-order valence-electron chi connectivity index (χ2n) is 3.13. The molecule has 5 nitrogen and oxygen atoms in total. The number of fused-ring (bicyclic) bond motifs is 1. The van der Waals surface area contributed by atoms with Crippen molar-refractivity contribution >= 4 is 5.97 Å². The lowest BCUT2D eigenvalue weighted by atomic mass is 10.1. The lowest BCUT2D eigenvalue weighted by Crippen LogP contribution is -2.17. The van der Waals surface area contributed by atoms with Gasteiger partial charge in [0.25, 0.3) is 0 Å². The molecule has 13 heavy (non-hydrogen) atoms. The van der Waals surface area contributed by atoms with Gasteiger partial charge in [-0.2, -0.15) is 0 Å². The Balaban J connectivity index is 2.50. The fourth-order valence-electron chi connectivity index (χ4n) is 1.68. The van der Waals surface area contributed by atoms with E-state index >= 15 is 0 Å². The number of hydrogen-bond donors (Lipinski definition) is 2. The number of carboxylic acid groups (broad SMARTS) is 1. The number of aliphatic hydroxyl groups is 1. The van der Waals surface area contributed by atoms with Crippen LogP contribution in [-0.4, -0.2) is 25.7 Å². The average Bonchev–Trinajstić information content (AvgIpc) is 2.49. The summed E-state index contributed by atoms with van der Waals surface area (Å²) in [4.78, 5) is 14.4. The number of aryl methyl sites for hydroxylation is 1. The molecule has 1 aromatic heterocycles. The van der Waals surface area contributed by atoms with Crippen molar-refractivity contribution in [1.29, 1.82) is 0 Å². The minimum Gasteiger partial charge on any atom is -0.476 e. The van der Waals surface area contributed by atoms with Gasteiger partial charge in [0.15, 0.2) is 5.69 Å². The fraction of sp³-hybridized carbons (Fsp3) is 0.500. The summed E-state index contributed by atoms with van der Waals surface area (Å²) in [5, 5.41) is 18.3. The lowest BCUT2D eigenvalue weighted by Gasteiger charge is -2.19. The van der Waals surface area contributed by atoms with E-state index in [0.717, 1.165) is 13.0 Å². The maximum absolute atomic E-state index is 10.7. The summed E-state index contributed by atoms with van der Waals surface area (Å²) in [6.45, 7) is 0.743. The molecule has 0 saturated heterocycles. The zero-order valence-electron chi connectivity index (χ0n) is 6.97. The van der Waals surface area contributed by atoms with Crippen LogP contribution in [0, 0.1) is 0 Å². The number of carbonyl (C=O) groups is 1. The van der Waals surface area contributed by atoms with Gasteiger partial charge in [0, 0.05) is 6.54 Å². The number of nitrogens with zero attached hydrogens (tertiary/aromatic N) is 2. The number of rotatable bonds is 1. The van der Waals surface area contributed by atoms with E-state index in [4.69, 9.17) is 5.11 Å². The van der Waals surface area contributed by atoms with Crippen molar-refractivity contribution in [2.45, 2.75) is 25.5 Å². The van der Waals surface area contributed by atoms with Gasteiger partial charge in [-0.25, -0.2) is 9.78 Å². The zero-order valence-corrected chi connectivity index (χ0v) is 6.97. The molecule has 70 valence electrons. The first-order valence-electron chi connectivity index (χ1n) is 4.16. The molecule has 0 aromatic carbocycles. The Labute approximate surface area is 74.6 Å². The summed E-state index contributed by atoms with van der Waals surface area (Å²) in [6, 6.07) is 0. The van der Waals surface area contributed by atoms with Gasteiger partial charge in [-0.3, -0.25) is 0 Å². The first-order chi connectivity index (χ1) is 6.20. The highest BCUT2D eigenvalue weighted by molar-refractivity contribution is 5.86. The van der Waals surface area contributed by atoms with Crippen molar-refractivity contribution in [1.82, 2.24) is 9.55 Å². The van der Waals surface area contributed by atoms with Gasteiger partial charge in [-0.1, -0.05) is 0 Å². The van der Waals surface area contributed by atoms with E-state index in [1.54, 1.807) is 4.57 Å². The van der Waals surface area contributed by atoms with Crippen LogP contribution in [0.15, 0.2) is 6.33 Å². The maximum atomic E-state index is 10.7. The highest BCUT2D eigenvalue weighted by atomic mass is 16.4. The van der Waals surface area contributed by atoms with E-state index in [-0.39, 0.29) is 5.69 Å². The van der Waals surface area contributed by atoms with E-state index in [1.165, 1.54) is 6.33 Å². The molecule has 2 heterocycles. The largest absolute Gasteiger partial charge is 0.476 e. The second-order valence-corrected chi connectivity index (χ2v) is 3.13. The molecule has 1 atom stereocenters. The van der Waals surface area contributed by atoms with Crippen molar-refractivity contribution in [2.75, 3.05) is 0 Å². The monoisotopic (exact) mass is 182 g/mol. The van der Waals surface area contributed by atoms with E-state index in [1.807, 2.05) is 0 Å². The molecule has 5 heteroatoms. The van der Waals surface area contributed by atoms with Crippen LogP contribution < -0.4 is 0 Å². The second kappa shape index (κ2) is 2.85. The number of imidazole rings is 1. The quantitative estimate of drug-likeness (QED) is 0.659. The van der Waals surface area contributed by atoms with Gasteiger partial charge in [0.2, 0.25) is 0 Å². The predicted octanol–water partition coefficient (Wildman–Crippen LogP) is 0.408. The third-order valence-electron chi connectivity index (χ3n) is 2.27. The first-order valence-corrected chi connectivity index (χ1v) is 4.16. The van der Waals surface area contributed by atoms with Gasteiger partial charge in [0.1, 0.15) is 0 Å². The molecule has 0 amide bonds. The molecule has 0 aliphatic carbocycles. The topological polar surface area (TPSA) is 75.3 Å². The van der Waals surface area contributed by atoms with Crippen LogP contribution in [0.1, 0.15) is 35.1 Å². The minimum atomic E-state index is -1.07. The Kier molecular flexibility index (Phi) is 1.81. The highest BCUT2D eigenvalue weighted by Gasteiger charge is 2.25. The van der Waals surface area contributed by atoms with Crippen LogP contribution in [0.5, 0.6) is 0 Å². The van der Waals surface area contributed by atoms with Gasteiger partial charge < -0.3 is 14.8 Å². The Morgan fingerprint density at radius 3 is 3.15 bits per heavy atom. The standard InChI is InChI=1S/C8H10N2O3/c11-5-2-1-3-10-4-9-6(7(5)10)8(12)13/h4-5,11H,1-3H2,(H,12,13). The fourth-order valence-corrected chi connectivity index (χ4v) is 1.68. The molecule has 1 aromatic rings. The molecule has 0 bridgehead atoms. The number of aliphatic hydroxyl groups excluding tert-OH is 1. The summed E-state index contributed by atoms with van der Waals surface area (Å²) in [6.07, 6.45) is 2.28. The predicted molar refractivity (Wildman–Crippen MR) is 43.4 cm³/mol. The van der Waals surface area contributed by atoms with E-state index in [9.17, 15) is 9.90 Å². The van der Waals surface area contributed by atoms with Crippen molar-refractivity contribution in [3.63, 3.8) is 0 Å². The van der Waals surface area contributed by atoms with Crippen LogP contribution in [0.25, 0.3) is 0 Å². The van der Waals surface area contributed by atoms with Crippen molar-refractivity contribution in [2.24, 2.45) is 0 Å². The highest BCUT2D eigenvalue weighted by Crippen LogP contribution is 2.26. The summed E-state index contributed by atoms with van der Waals surface area (Å²) in [5.74, 6) is -1.07. The van der Waals surface area contributed by atoms with Crippen molar-refractivity contribution in [3.8, 4) is 0 Å². The molecule has 2 rings (SSSR count). The average molecular weight is 182 g/mol. The Bertz CT molecular complexity index is 345. The maximum Gasteiger partial charge on any atom is 0.356 e. The SMILES string of the molecule is O=C(O)c1ncn2c1C(O)CCC2. The molecule has 0 saturated carbocycles. The summed E-state index contributed by atoms with van der Waals surface area (Å²) >= 11 is 0. The van der Waals surface area contributed by atoms with Gasteiger partial charge in [-0.15, -0.1) is 0 Å². The number of aromatic nitrogens is 2. The van der Waals surface area contributed by atoms with Gasteiger partial charge in [0.05, 0.1) is 18.1 Å². The molecule has 1 unspecified atom stereocenters. The number of carboxylic acids is 1. The Hall–Kier alpha value is -1.36. The molecular weight excluding hydrogens is 172 g/mol. The zero-order chi connectivity index (χ0) is 9.42. The molecule has 2 N–H and O–H groups in total. The minimum absolute atomic E-state index is 0.0211.